The number of carbonyl (C=O) groups excluding carboxylic acids is 2. The van der Waals surface area contributed by atoms with E-state index in [1.54, 1.807) is 0 Å². The summed E-state index contributed by atoms with van der Waals surface area (Å²) in [7, 11) is 0. The van der Waals surface area contributed by atoms with E-state index >= 15 is 0 Å². The predicted octanol–water partition coefficient (Wildman–Crippen LogP) is 3.29. The Hall–Kier alpha value is -0.950. The lowest BCUT2D eigenvalue weighted by Gasteiger charge is -2.56. The highest BCUT2D eigenvalue weighted by atomic mass is 19.4. The molecule has 158 valence electrons. The Kier molecular flexibility index (Phi) is 4.74. The lowest BCUT2D eigenvalue weighted by atomic mass is 9.48. The molecule has 0 aromatic carbocycles. The molecule has 4 nitrogen and oxygen atoms in total. The maximum absolute atomic E-state index is 13.3. The second-order valence-electron chi connectivity index (χ2n) is 9.97. The molecule has 7 heteroatoms. The Morgan fingerprint density at radius 1 is 1.14 bits per heavy atom. The maximum Gasteiger partial charge on any atom is 0.417 e. The molecular weight excluding hydrogens is 373 g/mol. The number of hydrogen-bond acceptors (Lipinski definition) is 4. The molecule has 0 spiro atoms. The van der Waals surface area contributed by atoms with Crippen molar-refractivity contribution in [3.63, 3.8) is 0 Å². The molecule has 4 aliphatic rings. The molecule has 4 saturated carbocycles. The monoisotopic (exact) mass is 402 g/mol. The zero-order valence-electron chi connectivity index (χ0n) is 16.2. The highest BCUT2D eigenvalue weighted by Gasteiger charge is 2.64. The largest absolute Gasteiger partial charge is 0.417 e. The number of halogens is 3. The maximum atomic E-state index is 13.3. The third-order valence-corrected chi connectivity index (χ3v) is 8.82. The Morgan fingerprint density at radius 2 is 1.86 bits per heavy atom. The molecule has 8 atom stereocenters. The molecule has 4 aliphatic carbocycles. The smallest absolute Gasteiger partial charge is 0.389 e. The molecular formula is C21H29F3O4. The van der Waals surface area contributed by atoms with Gasteiger partial charge in [0, 0.05) is 18.3 Å². The quantitative estimate of drug-likeness (QED) is 0.743. The van der Waals surface area contributed by atoms with Crippen LogP contribution in [0.1, 0.15) is 58.3 Å². The number of fused-ring (bicyclic) bond motifs is 5. The summed E-state index contributed by atoms with van der Waals surface area (Å²) in [6.07, 6.45) is -1.95. The van der Waals surface area contributed by atoms with E-state index in [9.17, 15) is 33.0 Å². The molecule has 0 aromatic heterocycles. The van der Waals surface area contributed by atoms with Crippen LogP contribution in [0.15, 0.2) is 0 Å². The Morgan fingerprint density at radius 3 is 2.50 bits per heavy atom. The number of aliphatic hydroxyl groups is 2. The van der Waals surface area contributed by atoms with Crippen molar-refractivity contribution >= 4 is 11.6 Å². The molecule has 0 saturated heterocycles. The predicted molar refractivity (Wildman–Crippen MR) is 94.1 cm³/mol. The number of hydrogen-bond donors (Lipinski definition) is 2. The fraction of sp³-hybridized carbons (Fsp3) is 0.905. The van der Waals surface area contributed by atoms with Gasteiger partial charge in [-0.05, 0) is 74.0 Å². The van der Waals surface area contributed by atoms with Crippen LogP contribution < -0.4 is 0 Å². The summed E-state index contributed by atoms with van der Waals surface area (Å²) in [6, 6.07) is 0. The van der Waals surface area contributed by atoms with Gasteiger partial charge in [0.25, 0.3) is 0 Å². The molecule has 0 radical (unpaired) electrons. The molecule has 4 rings (SSSR count). The Balaban J connectivity index is 1.58. The summed E-state index contributed by atoms with van der Waals surface area (Å²) in [5, 5.41) is 19.5. The lowest BCUT2D eigenvalue weighted by molar-refractivity contribution is -0.281. The van der Waals surface area contributed by atoms with Gasteiger partial charge in [-0.1, -0.05) is 6.92 Å². The molecule has 28 heavy (non-hydrogen) atoms. The van der Waals surface area contributed by atoms with Crippen LogP contribution in [0.5, 0.6) is 0 Å². The van der Waals surface area contributed by atoms with Crippen molar-refractivity contribution in [2.24, 2.45) is 40.9 Å². The second kappa shape index (κ2) is 6.53. The fourth-order valence-corrected chi connectivity index (χ4v) is 7.56. The number of rotatable bonds is 2. The average Bonchev–Trinajstić information content (AvgIpc) is 2.96. The Bertz CT molecular complexity index is 677. The first kappa shape index (κ1) is 20.3. The van der Waals surface area contributed by atoms with E-state index in [0.29, 0.717) is 19.3 Å². The van der Waals surface area contributed by atoms with Crippen molar-refractivity contribution in [3.05, 3.63) is 0 Å². The lowest BCUT2D eigenvalue weighted by Crippen LogP contribution is -2.57. The summed E-state index contributed by atoms with van der Waals surface area (Å²) in [5.41, 5.74) is -3.06. The minimum atomic E-state index is -4.63. The highest BCUT2D eigenvalue weighted by Crippen LogP contribution is 2.64. The van der Waals surface area contributed by atoms with Gasteiger partial charge in [0.15, 0.2) is 11.4 Å². The third kappa shape index (κ3) is 2.79. The fourth-order valence-electron chi connectivity index (χ4n) is 7.56. The van der Waals surface area contributed by atoms with Gasteiger partial charge in [0.1, 0.15) is 12.4 Å². The van der Waals surface area contributed by atoms with Gasteiger partial charge < -0.3 is 10.2 Å². The van der Waals surface area contributed by atoms with E-state index in [0.717, 1.165) is 6.42 Å². The van der Waals surface area contributed by atoms with Gasteiger partial charge in [-0.15, -0.1) is 0 Å². The van der Waals surface area contributed by atoms with Crippen LogP contribution in [-0.4, -0.2) is 40.2 Å². The molecule has 0 bridgehead atoms. The number of ketones is 2. The summed E-state index contributed by atoms with van der Waals surface area (Å²) in [4.78, 5) is 25.4. The summed E-state index contributed by atoms with van der Waals surface area (Å²) in [5.74, 6) is -0.700. The van der Waals surface area contributed by atoms with Gasteiger partial charge in [-0.25, -0.2) is 0 Å². The summed E-state index contributed by atoms with van der Waals surface area (Å²) in [6.45, 7) is 1.49. The normalized spacial score (nSPS) is 48.6. The molecule has 0 aliphatic heterocycles. The van der Waals surface area contributed by atoms with Crippen LogP contribution in [0.3, 0.4) is 0 Å². The van der Waals surface area contributed by atoms with Crippen LogP contribution in [0.2, 0.25) is 0 Å². The van der Waals surface area contributed by atoms with Crippen LogP contribution in [0, 0.1) is 40.9 Å². The second-order valence-corrected chi connectivity index (χ2v) is 9.97. The van der Waals surface area contributed by atoms with Crippen LogP contribution in [-0.2, 0) is 9.59 Å². The zero-order chi connectivity index (χ0) is 20.5. The van der Waals surface area contributed by atoms with E-state index in [-0.39, 0.29) is 72.8 Å². The molecule has 0 amide bonds. The van der Waals surface area contributed by atoms with Crippen LogP contribution in [0.25, 0.3) is 0 Å². The minimum Gasteiger partial charge on any atom is -0.389 e. The van der Waals surface area contributed by atoms with E-state index in [1.807, 2.05) is 6.92 Å². The first-order chi connectivity index (χ1) is 13.0. The van der Waals surface area contributed by atoms with Gasteiger partial charge in [-0.3, -0.25) is 9.59 Å². The third-order valence-electron chi connectivity index (χ3n) is 8.82. The van der Waals surface area contributed by atoms with Gasteiger partial charge in [-0.2, -0.15) is 13.2 Å². The Labute approximate surface area is 162 Å². The average molecular weight is 402 g/mol. The number of Topliss-reactive ketones (excluding diaryl/α,β-unsaturated/α-hetero) is 2. The number of carbonyl (C=O) groups is 2. The van der Waals surface area contributed by atoms with Gasteiger partial charge in [0.2, 0.25) is 0 Å². The molecule has 2 N–H and O–H groups in total. The molecule has 0 aromatic rings. The van der Waals surface area contributed by atoms with E-state index in [2.05, 4.69) is 0 Å². The standard InChI is InChI=1S/C21H29F3O4/c1-19-9-16(26)18-12-6-7-20(28,21(22,23)24)8-11(12)2-3-13(18)14(19)4-5-15(19)17(27)10-25/h11-15,18,25,28H,2-10H2,1H3/t11-,12-,13-,14-,15+,18+,19-,20+/m0/s1. The van der Waals surface area contributed by atoms with Gasteiger partial charge >= 0.3 is 6.18 Å². The zero-order valence-corrected chi connectivity index (χ0v) is 16.2. The van der Waals surface area contributed by atoms with Crippen molar-refractivity contribution in [2.45, 2.75) is 70.1 Å². The number of alkyl halides is 3. The van der Waals surface area contributed by atoms with Crippen molar-refractivity contribution < 1.29 is 33.0 Å². The summed E-state index contributed by atoms with van der Waals surface area (Å²) < 4.78 is 39.9. The minimum absolute atomic E-state index is 0.0774. The molecule has 0 heterocycles. The van der Waals surface area contributed by atoms with Crippen molar-refractivity contribution in [1.82, 2.24) is 0 Å². The van der Waals surface area contributed by atoms with Crippen molar-refractivity contribution in [3.8, 4) is 0 Å². The first-order valence-corrected chi connectivity index (χ1v) is 10.5. The van der Waals surface area contributed by atoms with E-state index in [1.165, 1.54) is 0 Å². The van der Waals surface area contributed by atoms with Crippen LogP contribution >= 0.6 is 0 Å². The topological polar surface area (TPSA) is 74.6 Å². The first-order valence-electron chi connectivity index (χ1n) is 10.5. The van der Waals surface area contributed by atoms with Crippen molar-refractivity contribution in [2.75, 3.05) is 6.61 Å². The molecule has 4 fully saturated rings. The van der Waals surface area contributed by atoms with Crippen molar-refractivity contribution in [1.29, 1.82) is 0 Å². The SMILES string of the molecule is C[C@]12CC(=O)[C@H]3[C@@H](CC[C@H]4C[C@@](O)(C(F)(F)F)CC[C@@H]43)[C@@H]1CC[C@@H]2C(=O)CO. The van der Waals surface area contributed by atoms with Gasteiger partial charge in [0.05, 0.1) is 0 Å². The van der Waals surface area contributed by atoms with E-state index in [4.69, 9.17) is 0 Å². The highest BCUT2D eigenvalue weighted by molar-refractivity contribution is 5.87. The van der Waals surface area contributed by atoms with Crippen LogP contribution in [0.4, 0.5) is 13.2 Å². The molecule has 0 unspecified atom stereocenters. The van der Waals surface area contributed by atoms with E-state index < -0.39 is 23.8 Å². The summed E-state index contributed by atoms with van der Waals surface area (Å²) >= 11 is 0. The number of aliphatic hydroxyl groups excluding tert-OH is 1.